The van der Waals surface area contributed by atoms with Crippen LogP contribution in [-0.2, 0) is 10.0 Å². The second-order valence-corrected chi connectivity index (χ2v) is 10.1. The fourth-order valence-electron chi connectivity index (χ4n) is 4.10. The second-order valence-electron chi connectivity index (χ2n) is 7.86. The van der Waals surface area contributed by atoms with Gasteiger partial charge in [0.25, 0.3) is 0 Å². The molecule has 32 heavy (non-hydrogen) atoms. The number of benzene rings is 3. The Morgan fingerprint density at radius 1 is 0.938 bits per heavy atom. The highest BCUT2D eigenvalue weighted by Crippen LogP contribution is 2.44. The van der Waals surface area contributed by atoms with E-state index in [0.717, 1.165) is 5.56 Å². The SMILES string of the molecule is CC[C@@H]1C=C(C(=O)c2ccccc2)[C@H](c2ccccc2Cl)N1S(=O)(=O)c1ccc(C)cc1. The van der Waals surface area contributed by atoms with Crippen molar-refractivity contribution in [2.24, 2.45) is 0 Å². The van der Waals surface area contributed by atoms with E-state index < -0.39 is 22.1 Å². The van der Waals surface area contributed by atoms with Crippen LogP contribution in [0.1, 0.15) is 40.9 Å². The fraction of sp³-hybridized carbons (Fsp3) is 0.192. The zero-order valence-corrected chi connectivity index (χ0v) is 19.5. The number of hydrogen-bond acceptors (Lipinski definition) is 3. The Kier molecular flexibility index (Phi) is 6.33. The van der Waals surface area contributed by atoms with Crippen molar-refractivity contribution < 1.29 is 13.2 Å². The third-order valence-corrected chi connectivity index (χ3v) is 8.01. The minimum Gasteiger partial charge on any atom is -0.289 e. The largest absolute Gasteiger partial charge is 0.289 e. The van der Waals surface area contributed by atoms with Crippen LogP contribution in [0.5, 0.6) is 0 Å². The summed E-state index contributed by atoms with van der Waals surface area (Å²) in [4.78, 5) is 13.7. The highest BCUT2D eigenvalue weighted by molar-refractivity contribution is 7.89. The van der Waals surface area contributed by atoms with E-state index in [1.54, 1.807) is 72.8 Å². The van der Waals surface area contributed by atoms with Crippen LogP contribution in [0.4, 0.5) is 0 Å². The summed E-state index contributed by atoms with van der Waals surface area (Å²) in [7, 11) is -3.91. The molecule has 164 valence electrons. The molecule has 0 aromatic heterocycles. The van der Waals surface area contributed by atoms with Crippen molar-refractivity contribution in [3.8, 4) is 0 Å². The van der Waals surface area contributed by atoms with Crippen LogP contribution in [0, 0.1) is 6.92 Å². The number of rotatable bonds is 6. The number of carbonyl (C=O) groups excluding carboxylic acids is 1. The van der Waals surface area contributed by atoms with Gasteiger partial charge in [-0.3, -0.25) is 4.79 Å². The maximum atomic E-state index is 13.9. The summed E-state index contributed by atoms with van der Waals surface area (Å²) in [5.41, 5.74) is 2.50. The van der Waals surface area contributed by atoms with Gasteiger partial charge in [0, 0.05) is 22.2 Å². The summed E-state index contributed by atoms with van der Waals surface area (Å²) in [6.07, 6.45) is 2.31. The predicted octanol–water partition coefficient (Wildman–Crippen LogP) is 5.98. The monoisotopic (exact) mass is 465 g/mol. The maximum Gasteiger partial charge on any atom is 0.244 e. The van der Waals surface area contributed by atoms with Gasteiger partial charge in [0.15, 0.2) is 5.78 Å². The Hall–Kier alpha value is -2.73. The molecule has 0 fully saturated rings. The van der Waals surface area contributed by atoms with Crippen LogP contribution in [0.3, 0.4) is 0 Å². The maximum absolute atomic E-state index is 13.9. The summed E-state index contributed by atoms with van der Waals surface area (Å²) >= 11 is 6.53. The lowest BCUT2D eigenvalue weighted by Gasteiger charge is -2.31. The molecule has 1 heterocycles. The van der Waals surface area contributed by atoms with Crippen molar-refractivity contribution >= 4 is 27.4 Å². The van der Waals surface area contributed by atoms with Crippen molar-refractivity contribution in [1.82, 2.24) is 4.31 Å². The molecule has 1 aliphatic rings. The van der Waals surface area contributed by atoms with Crippen molar-refractivity contribution in [3.63, 3.8) is 0 Å². The Balaban J connectivity index is 1.89. The van der Waals surface area contributed by atoms with Crippen molar-refractivity contribution in [2.75, 3.05) is 0 Å². The summed E-state index contributed by atoms with van der Waals surface area (Å²) in [5.74, 6) is -0.199. The minimum atomic E-state index is -3.91. The Labute approximate surface area is 194 Å². The quantitative estimate of drug-likeness (QED) is 0.420. The summed E-state index contributed by atoms with van der Waals surface area (Å²) < 4.78 is 29.1. The van der Waals surface area contributed by atoms with E-state index in [4.69, 9.17) is 11.6 Å². The van der Waals surface area contributed by atoms with E-state index in [0.29, 0.717) is 28.1 Å². The first kappa shape index (κ1) is 22.5. The first-order valence-electron chi connectivity index (χ1n) is 10.5. The number of ketones is 1. The zero-order valence-electron chi connectivity index (χ0n) is 17.9. The van der Waals surface area contributed by atoms with Crippen LogP contribution >= 0.6 is 11.6 Å². The van der Waals surface area contributed by atoms with Crippen molar-refractivity contribution in [3.05, 3.63) is 112 Å². The molecule has 0 unspecified atom stereocenters. The molecule has 0 spiro atoms. The molecule has 3 aromatic carbocycles. The molecule has 0 aliphatic carbocycles. The molecule has 2 atom stereocenters. The lowest BCUT2D eigenvalue weighted by Crippen LogP contribution is -2.38. The number of nitrogens with zero attached hydrogens (tertiary/aromatic N) is 1. The van der Waals surface area contributed by atoms with Gasteiger partial charge < -0.3 is 0 Å². The third kappa shape index (κ3) is 4.04. The smallest absolute Gasteiger partial charge is 0.244 e. The standard InChI is InChI=1S/C26H24ClNO3S/c1-3-20-17-23(26(29)19-9-5-4-6-10-19)25(22-11-7-8-12-24(22)27)28(20)32(30,31)21-15-13-18(2)14-16-21/h4-17,20,25H,3H2,1-2H3/t20-,25+/m1/s1. The van der Waals surface area contributed by atoms with E-state index in [9.17, 15) is 13.2 Å². The predicted molar refractivity (Wildman–Crippen MR) is 127 cm³/mol. The number of halogens is 1. The molecule has 0 saturated heterocycles. The van der Waals surface area contributed by atoms with E-state index in [1.165, 1.54) is 4.31 Å². The van der Waals surface area contributed by atoms with E-state index in [1.807, 2.05) is 26.0 Å². The van der Waals surface area contributed by atoms with E-state index in [-0.39, 0.29) is 10.7 Å². The van der Waals surface area contributed by atoms with Crippen molar-refractivity contribution in [2.45, 2.75) is 37.2 Å². The Morgan fingerprint density at radius 2 is 1.56 bits per heavy atom. The molecular weight excluding hydrogens is 442 g/mol. The van der Waals surface area contributed by atoms with Crippen LogP contribution in [0.25, 0.3) is 0 Å². The average molecular weight is 466 g/mol. The van der Waals surface area contributed by atoms with Gasteiger partial charge in [-0.15, -0.1) is 0 Å². The Morgan fingerprint density at radius 3 is 2.19 bits per heavy atom. The van der Waals surface area contributed by atoms with Gasteiger partial charge in [-0.2, -0.15) is 4.31 Å². The summed E-state index contributed by atoms with van der Waals surface area (Å²) in [6, 6.07) is 21.5. The van der Waals surface area contributed by atoms with Crippen LogP contribution < -0.4 is 0 Å². The van der Waals surface area contributed by atoms with Gasteiger partial charge in [-0.25, -0.2) is 8.42 Å². The van der Waals surface area contributed by atoms with E-state index in [2.05, 4.69) is 0 Å². The Bertz CT molecular complexity index is 1270. The van der Waals surface area contributed by atoms with Crippen LogP contribution in [-0.4, -0.2) is 24.5 Å². The first-order valence-corrected chi connectivity index (χ1v) is 12.3. The third-order valence-electron chi connectivity index (χ3n) is 5.76. The van der Waals surface area contributed by atoms with Gasteiger partial charge in [0.05, 0.1) is 10.9 Å². The second kappa shape index (κ2) is 9.02. The number of carbonyl (C=O) groups is 1. The summed E-state index contributed by atoms with van der Waals surface area (Å²) in [6.45, 7) is 3.82. The number of aryl methyl sites for hydroxylation is 1. The molecule has 1 aliphatic heterocycles. The molecule has 6 heteroatoms. The number of Topliss-reactive ketones (excluding diaryl/α,β-unsaturated/α-hetero) is 1. The molecule has 0 amide bonds. The zero-order chi connectivity index (χ0) is 22.9. The topological polar surface area (TPSA) is 54.5 Å². The molecule has 0 radical (unpaired) electrons. The number of sulfonamides is 1. The lowest BCUT2D eigenvalue weighted by atomic mass is 9.94. The van der Waals surface area contributed by atoms with Gasteiger partial charge in [0.1, 0.15) is 0 Å². The minimum absolute atomic E-state index is 0.195. The summed E-state index contributed by atoms with van der Waals surface area (Å²) in [5, 5.41) is 0.421. The normalized spacial score (nSPS) is 19.0. The molecule has 0 saturated carbocycles. The molecule has 4 rings (SSSR count). The average Bonchev–Trinajstić information content (AvgIpc) is 3.20. The molecule has 4 nitrogen and oxygen atoms in total. The molecule has 3 aromatic rings. The molecule has 0 N–H and O–H groups in total. The van der Waals surface area contributed by atoms with Gasteiger partial charge in [-0.1, -0.05) is 90.8 Å². The van der Waals surface area contributed by atoms with Crippen molar-refractivity contribution in [1.29, 1.82) is 0 Å². The molecular formula is C26H24ClNO3S. The van der Waals surface area contributed by atoms with Gasteiger partial charge >= 0.3 is 0 Å². The van der Waals surface area contributed by atoms with Crippen LogP contribution in [0.2, 0.25) is 5.02 Å². The number of hydrogen-bond donors (Lipinski definition) is 0. The highest BCUT2D eigenvalue weighted by Gasteiger charge is 2.45. The first-order chi connectivity index (χ1) is 15.3. The fourth-order valence-corrected chi connectivity index (χ4v) is 6.14. The highest BCUT2D eigenvalue weighted by atomic mass is 35.5. The van der Waals surface area contributed by atoms with Gasteiger partial charge in [0.2, 0.25) is 10.0 Å². The lowest BCUT2D eigenvalue weighted by molar-refractivity contribution is 0.102. The van der Waals surface area contributed by atoms with Crippen LogP contribution in [0.15, 0.2) is 95.4 Å². The van der Waals surface area contributed by atoms with Gasteiger partial charge in [-0.05, 0) is 37.1 Å². The molecule has 0 bridgehead atoms. The van der Waals surface area contributed by atoms with E-state index >= 15 is 0 Å².